The Morgan fingerprint density at radius 1 is 1.25 bits per heavy atom. The lowest BCUT2D eigenvalue weighted by Gasteiger charge is -2.05. The van der Waals surface area contributed by atoms with Crippen LogP contribution in [0.3, 0.4) is 0 Å². The number of benzene rings is 1. The maximum absolute atomic E-state index is 11.8. The normalized spacial score (nSPS) is 10.7. The number of hydrogen-bond donors (Lipinski definition) is 0. The van der Waals surface area contributed by atoms with Gasteiger partial charge in [0, 0.05) is 18.2 Å². The van der Waals surface area contributed by atoms with Gasteiger partial charge in [-0.2, -0.15) is 4.73 Å². The summed E-state index contributed by atoms with van der Waals surface area (Å²) >= 11 is 5.81. The van der Waals surface area contributed by atoms with E-state index >= 15 is 0 Å². The Balaban J connectivity index is 2.38. The molecule has 2 rings (SSSR count). The van der Waals surface area contributed by atoms with Crippen molar-refractivity contribution in [1.29, 1.82) is 0 Å². The molecule has 0 aliphatic rings. The molecule has 0 bridgehead atoms. The SMILES string of the molecule is COC(=O)c1cc(Cl)[n+]([O-])c(/C=C/c2ccccc2)c1. The fourth-order valence-corrected chi connectivity index (χ4v) is 1.88. The maximum atomic E-state index is 11.8. The molecule has 0 N–H and O–H groups in total. The predicted octanol–water partition coefficient (Wildman–Crippen LogP) is 2.93. The van der Waals surface area contributed by atoms with Crippen LogP contribution in [0.1, 0.15) is 21.6 Å². The van der Waals surface area contributed by atoms with Crippen LogP contribution in [0.4, 0.5) is 0 Å². The zero-order chi connectivity index (χ0) is 14.5. The third-order valence-corrected chi connectivity index (χ3v) is 2.94. The van der Waals surface area contributed by atoms with E-state index in [0.29, 0.717) is 4.73 Å². The number of carbonyl (C=O) groups is 1. The lowest BCUT2D eigenvalue weighted by molar-refractivity contribution is -0.605. The second-order valence-electron chi connectivity index (χ2n) is 4.02. The van der Waals surface area contributed by atoms with E-state index in [2.05, 4.69) is 4.74 Å². The van der Waals surface area contributed by atoms with Crippen LogP contribution >= 0.6 is 11.6 Å². The Kier molecular flexibility index (Phi) is 4.38. The van der Waals surface area contributed by atoms with E-state index in [9.17, 15) is 10.0 Å². The minimum absolute atomic E-state index is 0.0828. The molecule has 102 valence electrons. The summed E-state index contributed by atoms with van der Waals surface area (Å²) in [7, 11) is 1.27. The summed E-state index contributed by atoms with van der Waals surface area (Å²) in [5.74, 6) is -0.540. The highest BCUT2D eigenvalue weighted by Gasteiger charge is 2.15. The molecule has 0 aliphatic carbocycles. The summed E-state index contributed by atoms with van der Waals surface area (Å²) in [6.07, 6.45) is 3.36. The first-order valence-electron chi connectivity index (χ1n) is 5.86. The lowest BCUT2D eigenvalue weighted by atomic mass is 10.1. The molecule has 1 heterocycles. The van der Waals surface area contributed by atoms with Crippen LogP contribution < -0.4 is 4.73 Å². The third-order valence-electron chi connectivity index (χ3n) is 2.67. The number of halogens is 1. The standard InChI is InChI=1S/C15H12ClNO3/c1-20-15(18)12-9-13(17(19)14(16)10-12)8-7-11-5-3-2-4-6-11/h2-10H,1H3/b8-7+. The van der Waals surface area contributed by atoms with Crippen LogP contribution in [-0.2, 0) is 4.74 Å². The molecule has 0 atom stereocenters. The van der Waals surface area contributed by atoms with Crippen molar-refractivity contribution in [2.45, 2.75) is 0 Å². The molecular weight excluding hydrogens is 278 g/mol. The fraction of sp³-hybridized carbons (Fsp3) is 0.0667. The molecule has 0 fully saturated rings. The van der Waals surface area contributed by atoms with Crippen molar-refractivity contribution in [2.75, 3.05) is 7.11 Å². The van der Waals surface area contributed by atoms with E-state index in [1.807, 2.05) is 30.3 Å². The van der Waals surface area contributed by atoms with Gasteiger partial charge < -0.3 is 9.94 Å². The molecule has 4 nitrogen and oxygen atoms in total. The number of ether oxygens (including phenoxy) is 1. The summed E-state index contributed by atoms with van der Waals surface area (Å²) in [5, 5.41) is 11.8. The van der Waals surface area contributed by atoms with Gasteiger partial charge in [-0.25, -0.2) is 4.79 Å². The van der Waals surface area contributed by atoms with Crippen molar-refractivity contribution in [3.63, 3.8) is 0 Å². The van der Waals surface area contributed by atoms with E-state index in [1.54, 1.807) is 12.2 Å². The minimum Gasteiger partial charge on any atom is -0.617 e. The second-order valence-corrected chi connectivity index (χ2v) is 4.41. The van der Waals surface area contributed by atoms with Gasteiger partial charge >= 0.3 is 5.97 Å². The Bertz CT molecular complexity index is 654. The largest absolute Gasteiger partial charge is 0.617 e. The van der Waals surface area contributed by atoms with E-state index in [1.165, 1.54) is 19.2 Å². The van der Waals surface area contributed by atoms with Crippen molar-refractivity contribution in [3.8, 4) is 0 Å². The Hall–Kier alpha value is -2.33. The van der Waals surface area contributed by atoms with Gasteiger partial charge in [-0.15, -0.1) is 0 Å². The predicted molar refractivity (Wildman–Crippen MR) is 77.1 cm³/mol. The lowest BCUT2D eigenvalue weighted by Crippen LogP contribution is -2.32. The highest BCUT2D eigenvalue weighted by Crippen LogP contribution is 2.12. The Morgan fingerprint density at radius 3 is 2.60 bits per heavy atom. The number of aromatic nitrogens is 1. The molecule has 1 aromatic heterocycles. The highest BCUT2D eigenvalue weighted by molar-refractivity contribution is 6.28. The van der Waals surface area contributed by atoms with Gasteiger partial charge in [-0.1, -0.05) is 30.3 Å². The molecule has 0 saturated carbocycles. The van der Waals surface area contributed by atoms with Gasteiger partial charge in [0.2, 0.25) is 5.69 Å². The molecule has 1 aromatic carbocycles. The number of methoxy groups -OCH3 is 1. The van der Waals surface area contributed by atoms with E-state index < -0.39 is 5.97 Å². The van der Waals surface area contributed by atoms with Crippen LogP contribution in [0.5, 0.6) is 0 Å². The summed E-state index contributed by atoms with van der Waals surface area (Å²) in [4.78, 5) is 11.5. The van der Waals surface area contributed by atoms with Gasteiger partial charge in [0.15, 0.2) is 0 Å². The van der Waals surface area contributed by atoms with Crippen molar-refractivity contribution < 1.29 is 14.3 Å². The van der Waals surface area contributed by atoms with Crippen molar-refractivity contribution >= 4 is 29.7 Å². The topological polar surface area (TPSA) is 53.2 Å². The quantitative estimate of drug-likeness (QED) is 0.378. The number of esters is 1. The maximum Gasteiger partial charge on any atom is 0.338 e. The van der Waals surface area contributed by atoms with E-state index in [-0.39, 0.29) is 16.4 Å². The average Bonchev–Trinajstić information content (AvgIpc) is 2.48. The first-order chi connectivity index (χ1) is 9.61. The molecule has 0 saturated heterocycles. The zero-order valence-electron chi connectivity index (χ0n) is 10.7. The monoisotopic (exact) mass is 289 g/mol. The number of pyridine rings is 1. The number of nitrogens with zero attached hydrogens (tertiary/aromatic N) is 1. The van der Waals surface area contributed by atoms with Gasteiger partial charge in [0.1, 0.15) is 0 Å². The van der Waals surface area contributed by atoms with E-state index in [0.717, 1.165) is 5.56 Å². The van der Waals surface area contributed by atoms with Crippen molar-refractivity contribution in [2.24, 2.45) is 0 Å². The molecule has 0 aliphatic heterocycles. The summed E-state index contributed by atoms with van der Waals surface area (Å²) in [6, 6.07) is 12.2. The number of rotatable bonds is 3. The van der Waals surface area contributed by atoms with E-state index in [4.69, 9.17) is 11.6 Å². The van der Waals surface area contributed by atoms with Gasteiger partial charge in [-0.3, -0.25) is 0 Å². The Labute approximate surface area is 121 Å². The summed E-state index contributed by atoms with van der Waals surface area (Å²) < 4.78 is 5.16. The molecular formula is C15H12ClNO3. The fourth-order valence-electron chi connectivity index (χ4n) is 1.67. The van der Waals surface area contributed by atoms with Gasteiger partial charge in [-0.05, 0) is 23.2 Å². The van der Waals surface area contributed by atoms with Crippen LogP contribution in [0, 0.1) is 5.21 Å². The van der Waals surface area contributed by atoms with Crippen LogP contribution in [0.2, 0.25) is 5.15 Å². The smallest absolute Gasteiger partial charge is 0.338 e. The summed E-state index contributed by atoms with van der Waals surface area (Å²) in [6.45, 7) is 0. The molecule has 5 heteroatoms. The molecule has 0 amide bonds. The summed E-state index contributed by atoms with van der Waals surface area (Å²) in [5.41, 5.74) is 1.44. The number of hydrogen-bond acceptors (Lipinski definition) is 3. The van der Waals surface area contributed by atoms with Crippen molar-refractivity contribution in [3.05, 3.63) is 69.6 Å². The third kappa shape index (κ3) is 3.16. The highest BCUT2D eigenvalue weighted by atomic mass is 35.5. The molecule has 0 spiro atoms. The Morgan fingerprint density at radius 2 is 1.95 bits per heavy atom. The number of carbonyl (C=O) groups excluding carboxylic acids is 1. The molecule has 0 unspecified atom stereocenters. The van der Waals surface area contributed by atoms with Crippen LogP contribution in [-0.4, -0.2) is 13.1 Å². The van der Waals surface area contributed by atoms with Crippen LogP contribution in [0.25, 0.3) is 12.2 Å². The van der Waals surface area contributed by atoms with Gasteiger partial charge in [0.25, 0.3) is 5.15 Å². The first-order valence-corrected chi connectivity index (χ1v) is 6.24. The zero-order valence-corrected chi connectivity index (χ0v) is 11.5. The first kappa shape index (κ1) is 14.1. The molecule has 0 radical (unpaired) electrons. The minimum atomic E-state index is -0.540. The molecule has 20 heavy (non-hydrogen) atoms. The average molecular weight is 290 g/mol. The molecule has 2 aromatic rings. The second kappa shape index (κ2) is 6.21. The van der Waals surface area contributed by atoms with Crippen LogP contribution in [0.15, 0.2) is 42.5 Å². The van der Waals surface area contributed by atoms with Crippen molar-refractivity contribution in [1.82, 2.24) is 0 Å². The van der Waals surface area contributed by atoms with Gasteiger partial charge in [0.05, 0.1) is 12.7 Å².